The van der Waals surface area contributed by atoms with E-state index in [0.717, 1.165) is 114 Å². The van der Waals surface area contributed by atoms with Gasteiger partial charge in [-0.15, -0.1) is 0 Å². The lowest BCUT2D eigenvalue weighted by Crippen LogP contribution is -2.30. The molecule has 0 bridgehead atoms. The van der Waals surface area contributed by atoms with Gasteiger partial charge in [0.25, 0.3) is 0 Å². The Labute approximate surface area is 651 Å². The van der Waals surface area contributed by atoms with Gasteiger partial charge in [-0.25, -0.2) is 9.13 Å². The van der Waals surface area contributed by atoms with E-state index >= 15 is 0 Å². The number of carbonyl (C=O) groups is 4. The second-order valence-corrected chi connectivity index (χ2v) is 35.9. The Bertz CT molecular complexity index is 2060. The Balaban J connectivity index is 5.22. The minimum Gasteiger partial charge on any atom is -0.462 e. The van der Waals surface area contributed by atoms with Crippen LogP contribution >= 0.6 is 15.6 Å². The number of esters is 4. The first-order valence-electron chi connectivity index (χ1n) is 44.7. The van der Waals surface area contributed by atoms with Crippen molar-refractivity contribution >= 4 is 39.5 Å². The molecule has 0 saturated heterocycles. The molecule has 19 heteroatoms. The molecule has 6 atom stereocenters. The summed E-state index contributed by atoms with van der Waals surface area (Å²) in [7, 11) is -9.93. The Kier molecular flexibility index (Phi) is 74.3. The molecule has 630 valence electrons. The van der Waals surface area contributed by atoms with Gasteiger partial charge in [-0.2, -0.15) is 0 Å². The number of aliphatic hydroxyl groups excluding tert-OH is 1. The summed E-state index contributed by atoms with van der Waals surface area (Å²) in [6, 6.07) is 0. The molecule has 0 aliphatic heterocycles. The molecule has 0 radical (unpaired) electrons. The summed E-state index contributed by atoms with van der Waals surface area (Å²) in [5, 5.41) is 10.7. The van der Waals surface area contributed by atoms with Crippen molar-refractivity contribution in [1.29, 1.82) is 0 Å². The topological polar surface area (TPSA) is 237 Å². The predicted octanol–water partition coefficient (Wildman–Crippen LogP) is 26.3. The fraction of sp³-hybridized carbons (Fsp3) is 0.954. The highest BCUT2D eigenvalue weighted by atomic mass is 31.2. The van der Waals surface area contributed by atoms with E-state index in [4.69, 9.17) is 37.0 Å². The van der Waals surface area contributed by atoms with Gasteiger partial charge in [0.15, 0.2) is 12.2 Å². The van der Waals surface area contributed by atoms with E-state index < -0.39 is 97.5 Å². The van der Waals surface area contributed by atoms with Gasteiger partial charge in [0.2, 0.25) is 0 Å². The zero-order chi connectivity index (χ0) is 78.1. The number of hydrogen-bond acceptors (Lipinski definition) is 15. The molecule has 17 nitrogen and oxygen atoms in total. The quantitative estimate of drug-likeness (QED) is 0.0222. The molecule has 0 aromatic rings. The van der Waals surface area contributed by atoms with Crippen molar-refractivity contribution in [1.82, 2.24) is 0 Å². The third kappa shape index (κ3) is 78.7. The molecular weight excluding hydrogens is 1380 g/mol. The van der Waals surface area contributed by atoms with E-state index in [-0.39, 0.29) is 25.7 Å². The summed E-state index contributed by atoms with van der Waals surface area (Å²) in [4.78, 5) is 73.2. The van der Waals surface area contributed by atoms with E-state index in [1.165, 1.54) is 250 Å². The number of unbranched alkanes of at least 4 members (excludes halogenated alkanes) is 49. The van der Waals surface area contributed by atoms with Crippen LogP contribution in [0.25, 0.3) is 0 Å². The van der Waals surface area contributed by atoms with Crippen LogP contribution in [0, 0.1) is 23.7 Å². The van der Waals surface area contributed by atoms with E-state index in [0.29, 0.717) is 31.6 Å². The Hall–Kier alpha value is -1.94. The van der Waals surface area contributed by atoms with Gasteiger partial charge >= 0.3 is 39.5 Å². The van der Waals surface area contributed by atoms with E-state index in [1.54, 1.807) is 0 Å². The van der Waals surface area contributed by atoms with Gasteiger partial charge in [0.1, 0.15) is 19.3 Å². The van der Waals surface area contributed by atoms with Crippen molar-refractivity contribution in [2.24, 2.45) is 23.7 Å². The highest BCUT2D eigenvalue weighted by molar-refractivity contribution is 7.47. The molecule has 0 aliphatic rings. The number of phosphoric ester groups is 2. The lowest BCUT2D eigenvalue weighted by atomic mass is 9.99. The van der Waals surface area contributed by atoms with Crippen molar-refractivity contribution in [3.63, 3.8) is 0 Å². The molecular formula is C87H170O17P2. The summed E-state index contributed by atoms with van der Waals surface area (Å²) in [6.45, 7) is 14.3. The van der Waals surface area contributed by atoms with Crippen molar-refractivity contribution < 1.29 is 80.2 Å². The largest absolute Gasteiger partial charge is 0.472 e. The van der Waals surface area contributed by atoms with Gasteiger partial charge in [0.05, 0.1) is 26.4 Å². The van der Waals surface area contributed by atoms with Crippen LogP contribution in [-0.4, -0.2) is 96.7 Å². The average Bonchev–Trinajstić information content (AvgIpc) is 0.899. The third-order valence-corrected chi connectivity index (χ3v) is 22.6. The van der Waals surface area contributed by atoms with Crippen LogP contribution in [0.15, 0.2) is 0 Å². The van der Waals surface area contributed by atoms with E-state index in [1.807, 2.05) is 0 Å². The number of phosphoric acid groups is 2. The maximum Gasteiger partial charge on any atom is 0.472 e. The fourth-order valence-corrected chi connectivity index (χ4v) is 15.0. The van der Waals surface area contributed by atoms with Crippen LogP contribution in [0.4, 0.5) is 0 Å². The molecule has 0 aromatic carbocycles. The smallest absolute Gasteiger partial charge is 0.462 e. The van der Waals surface area contributed by atoms with E-state index in [2.05, 4.69) is 55.4 Å². The Morgan fingerprint density at radius 1 is 0.264 bits per heavy atom. The number of rotatable bonds is 84. The molecule has 0 fully saturated rings. The molecule has 3 N–H and O–H groups in total. The molecule has 106 heavy (non-hydrogen) atoms. The number of hydrogen-bond donors (Lipinski definition) is 3. The molecule has 0 saturated carbocycles. The van der Waals surface area contributed by atoms with Crippen LogP contribution < -0.4 is 0 Å². The van der Waals surface area contributed by atoms with Crippen molar-refractivity contribution in [2.45, 2.75) is 472 Å². The molecule has 0 amide bonds. The molecule has 0 rings (SSSR count). The van der Waals surface area contributed by atoms with Gasteiger partial charge in [-0.1, -0.05) is 402 Å². The zero-order valence-electron chi connectivity index (χ0n) is 70.1. The third-order valence-electron chi connectivity index (χ3n) is 20.7. The lowest BCUT2D eigenvalue weighted by molar-refractivity contribution is -0.161. The molecule has 0 spiro atoms. The number of carbonyl (C=O) groups excluding carboxylic acids is 4. The first-order chi connectivity index (χ1) is 51.1. The molecule has 0 heterocycles. The lowest BCUT2D eigenvalue weighted by Gasteiger charge is -2.21. The first kappa shape index (κ1) is 104. The summed E-state index contributed by atoms with van der Waals surface area (Å²) in [5.74, 6) is 1.06. The van der Waals surface area contributed by atoms with Crippen LogP contribution in [0.2, 0.25) is 0 Å². The first-order valence-corrected chi connectivity index (χ1v) is 47.7. The van der Waals surface area contributed by atoms with Crippen molar-refractivity contribution in [3.05, 3.63) is 0 Å². The maximum absolute atomic E-state index is 13.1. The predicted molar refractivity (Wildman–Crippen MR) is 437 cm³/mol. The van der Waals surface area contributed by atoms with Gasteiger partial charge in [0, 0.05) is 25.7 Å². The van der Waals surface area contributed by atoms with E-state index in [9.17, 15) is 43.2 Å². The average molecular weight is 1550 g/mol. The van der Waals surface area contributed by atoms with Crippen LogP contribution in [0.5, 0.6) is 0 Å². The number of aliphatic hydroxyl groups is 1. The maximum atomic E-state index is 13.1. The molecule has 4 unspecified atom stereocenters. The van der Waals surface area contributed by atoms with Crippen molar-refractivity contribution in [3.8, 4) is 0 Å². The molecule has 0 aromatic heterocycles. The second-order valence-electron chi connectivity index (χ2n) is 33.0. The van der Waals surface area contributed by atoms with Crippen LogP contribution in [0.1, 0.15) is 453 Å². The minimum atomic E-state index is -4.97. The van der Waals surface area contributed by atoms with Gasteiger partial charge in [-0.3, -0.25) is 37.3 Å². The standard InChI is InChI=1S/C87H170O17P2/c1-9-80(8)66-58-50-42-34-28-22-17-19-23-29-35-43-51-59-67-84(89)97-73-82(103-86(91)70-62-54-45-37-31-25-18-16-21-27-33-40-48-56-64-78(4)5)75-101-105(93,94)99-71-81(88)72-100-106(95,96)102-76-83(74-98-85(90)68-60-52-46-38-41-49-57-65-79(6)7)104-87(92)69-61-53-44-36-30-24-15-13-11-10-12-14-20-26-32-39-47-55-63-77(2)3/h77-83,88H,9-76H2,1-8H3,(H,93,94)(H,95,96)/t80?,81?,82-,83-/m1/s1. The number of ether oxygens (including phenoxy) is 4. The van der Waals surface area contributed by atoms with Gasteiger partial charge < -0.3 is 33.8 Å². The Morgan fingerprint density at radius 3 is 0.670 bits per heavy atom. The summed E-state index contributed by atoms with van der Waals surface area (Å²) >= 11 is 0. The van der Waals surface area contributed by atoms with Gasteiger partial charge in [-0.05, 0) is 49.4 Å². The molecule has 0 aliphatic carbocycles. The monoisotopic (exact) mass is 1550 g/mol. The SMILES string of the molecule is CCC(C)CCCCCCCCCCCCCCCCC(=O)OC[C@H](COP(=O)(O)OCC(O)COP(=O)(O)OC[C@@H](COC(=O)CCCCCCCCCC(C)C)OC(=O)CCCCCCCCCCCCCCCCCCCCC(C)C)OC(=O)CCCCCCCCCCCCCCCCC(C)C. The highest BCUT2D eigenvalue weighted by Crippen LogP contribution is 2.45. The Morgan fingerprint density at radius 2 is 0.453 bits per heavy atom. The normalized spacial score (nSPS) is 14.2. The summed E-state index contributed by atoms with van der Waals surface area (Å²) < 4.78 is 68.9. The highest BCUT2D eigenvalue weighted by Gasteiger charge is 2.31. The van der Waals surface area contributed by atoms with Crippen LogP contribution in [0.3, 0.4) is 0 Å². The van der Waals surface area contributed by atoms with Crippen LogP contribution in [-0.2, 0) is 65.4 Å². The summed E-state index contributed by atoms with van der Waals surface area (Å²) in [6.07, 6.45) is 65.3. The fourth-order valence-electron chi connectivity index (χ4n) is 13.5. The second kappa shape index (κ2) is 75.7. The minimum absolute atomic E-state index is 0.107. The summed E-state index contributed by atoms with van der Waals surface area (Å²) in [5.41, 5.74) is 0. The van der Waals surface area contributed by atoms with Crippen molar-refractivity contribution in [2.75, 3.05) is 39.6 Å². The zero-order valence-corrected chi connectivity index (χ0v) is 71.9.